The second-order valence-corrected chi connectivity index (χ2v) is 9.72. The van der Waals surface area contributed by atoms with Gasteiger partial charge in [-0.05, 0) is 61.9 Å². The molecule has 0 heterocycles. The molecule has 0 saturated heterocycles. The summed E-state index contributed by atoms with van der Waals surface area (Å²) in [6.45, 7) is 5.85. The van der Waals surface area contributed by atoms with Gasteiger partial charge in [0.2, 0.25) is 12.2 Å². The van der Waals surface area contributed by atoms with Crippen molar-refractivity contribution in [1.29, 1.82) is 0 Å². The first-order chi connectivity index (χ1) is 21.7. The van der Waals surface area contributed by atoms with Crippen molar-refractivity contribution in [3.05, 3.63) is 76.9 Å². The zero-order valence-corrected chi connectivity index (χ0v) is 25.7. The number of amides is 1. The second kappa shape index (κ2) is 15.2. The van der Waals surface area contributed by atoms with E-state index in [9.17, 15) is 33.9 Å². The molecule has 3 aromatic carbocycles. The van der Waals surface area contributed by atoms with Gasteiger partial charge in [0.15, 0.2) is 23.0 Å². The minimum Gasteiger partial charge on any atom is -0.493 e. The number of carboxylic acids is 1. The lowest BCUT2D eigenvalue weighted by Crippen LogP contribution is -2.48. The van der Waals surface area contributed by atoms with Crippen molar-refractivity contribution < 1.29 is 62.3 Å². The number of aryl methyl sites for hydroxylation is 2. The molecule has 0 aliphatic carbocycles. The molecule has 46 heavy (non-hydrogen) atoms. The molecular weight excluding hydrogens is 606 g/mol. The van der Waals surface area contributed by atoms with Gasteiger partial charge in [-0.3, -0.25) is 14.4 Å². The van der Waals surface area contributed by atoms with E-state index in [0.29, 0.717) is 5.56 Å². The standard InChI is InChI=1S/C32H31NO13/c1-16-7-10-22(17(2)13-16)33-29(36)27(45-31(39)20-8-11-23(43-18(3)34)25(14-20)41-5)28(30(37)38)46-32(40)21-9-12-24(44-19(4)35)26(15-21)42-6/h7-15,27-28H,1-6H3,(H,33,36)(H,37,38)/t27-,28-/m0/s1. The summed E-state index contributed by atoms with van der Waals surface area (Å²) in [7, 11) is 2.50. The molecule has 2 atom stereocenters. The highest BCUT2D eigenvalue weighted by molar-refractivity contribution is 6.02. The van der Waals surface area contributed by atoms with Crippen molar-refractivity contribution in [2.45, 2.75) is 39.9 Å². The van der Waals surface area contributed by atoms with E-state index in [1.54, 1.807) is 25.1 Å². The molecule has 0 radical (unpaired) electrons. The van der Waals surface area contributed by atoms with Crippen LogP contribution in [0.5, 0.6) is 23.0 Å². The fourth-order valence-corrected chi connectivity index (χ4v) is 4.09. The number of hydrogen-bond acceptors (Lipinski definition) is 12. The van der Waals surface area contributed by atoms with E-state index in [4.69, 9.17) is 28.4 Å². The number of carbonyl (C=O) groups excluding carboxylic acids is 5. The molecule has 1 amide bonds. The Kier molecular flexibility index (Phi) is 11.4. The number of rotatable bonds is 12. The third kappa shape index (κ3) is 8.81. The van der Waals surface area contributed by atoms with Gasteiger partial charge in [0.05, 0.1) is 25.3 Å². The van der Waals surface area contributed by atoms with Crippen LogP contribution in [0.2, 0.25) is 0 Å². The first kappa shape index (κ1) is 34.6. The van der Waals surface area contributed by atoms with Crippen LogP contribution in [0.4, 0.5) is 5.69 Å². The molecular formula is C32H31NO13. The number of aliphatic carboxylic acids is 1. The number of esters is 4. The zero-order valence-electron chi connectivity index (χ0n) is 25.7. The molecule has 0 saturated carbocycles. The molecule has 0 aromatic heterocycles. The summed E-state index contributed by atoms with van der Waals surface area (Å²) in [5.74, 6) is -6.76. The van der Waals surface area contributed by atoms with Crippen molar-refractivity contribution >= 4 is 41.4 Å². The van der Waals surface area contributed by atoms with E-state index in [1.165, 1.54) is 38.5 Å². The Morgan fingerprint density at radius 2 is 1.13 bits per heavy atom. The van der Waals surface area contributed by atoms with Crippen LogP contribution in [0.25, 0.3) is 0 Å². The number of benzene rings is 3. The Balaban J connectivity index is 1.99. The highest BCUT2D eigenvalue weighted by atomic mass is 16.6. The molecule has 2 N–H and O–H groups in total. The fourth-order valence-electron chi connectivity index (χ4n) is 4.09. The minimum absolute atomic E-state index is 0.0109. The van der Waals surface area contributed by atoms with Gasteiger partial charge in [-0.15, -0.1) is 0 Å². The smallest absolute Gasteiger partial charge is 0.349 e. The number of nitrogens with one attached hydrogen (secondary N) is 1. The minimum atomic E-state index is -2.34. The lowest BCUT2D eigenvalue weighted by atomic mass is 10.1. The average molecular weight is 638 g/mol. The molecule has 0 unspecified atom stereocenters. The summed E-state index contributed by atoms with van der Waals surface area (Å²) in [5, 5.41) is 12.6. The van der Waals surface area contributed by atoms with Crippen molar-refractivity contribution in [3.8, 4) is 23.0 Å². The van der Waals surface area contributed by atoms with Gasteiger partial charge in [-0.25, -0.2) is 14.4 Å². The van der Waals surface area contributed by atoms with Crippen molar-refractivity contribution in [2.24, 2.45) is 0 Å². The molecule has 0 aliphatic heterocycles. The third-order valence-electron chi connectivity index (χ3n) is 6.19. The van der Waals surface area contributed by atoms with E-state index >= 15 is 0 Å². The normalized spacial score (nSPS) is 11.7. The van der Waals surface area contributed by atoms with Gasteiger partial charge in [0, 0.05) is 19.5 Å². The van der Waals surface area contributed by atoms with Gasteiger partial charge in [0.1, 0.15) is 0 Å². The predicted octanol–water partition coefficient (Wildman–Crippen LogP) is 3.65. The van der Waals surface area contributed by atoms with E-state index in [1.807, 2.05) is 6.92 Å². The highest BCUT2D eigenvalue weighted by Crippen LogP contribution is 2.30. The van der Waals surface area contributed by atoms with Crippen molar-refractivity contribution in [3.63, 3.8) is 0 Å². The van der Waals surface area contributed by atoms with Crippen LogP contribution in [0.1, 0.15) is 45.7 Å². The van der Waals surface area contributed by atoms with Gasteiger partial charge < -0.3 is 38.8 Å². The highest BCUT2D eigenvalue weighted by Gasteiger charge is 2.41. The number of carboxylic acid groups (broad SMARTS) is 1. The maximum Gasteiger partial charge on any atom is 0.349 e. The number of carbonyl (C=O) groups is 6. The first-order valence-electron chi connectivity index (χ1n) is 13.5. The molecule has 0 aliphatic rings. The van der Waals surface area contributed by atoms with Gasteiger partial charge in [-0.1, -0.05) is 17.7 Å². The molecule has 14 heteroatoms. The SMILES string of the molecule is COc1cc(C(=O)O[C@H](C(=O)O)[C@H](OC(=O)c2ccc(OC(C)=O)c(OC)c2)C(=O)Nc2ccc(C)cc2C)ccc1OC(C)=O. The molecule has 14 nitrogen and oxygen atoms in total. The van der Waals surface area contributed by atoms with Crippen LogP contribution in [0.3, 0.4) is 0 Å². The second-order valence-electron chi connectivity index (χ2n) is 9.72. The molecule has 3 aromatic rings. The number of hydrogen-bond donors (Lipinski definition) is 2. The number of methoxy groups -OCH3 is 2. The van der Waals surface area contributed by atoms with Crippen LogP contribution >= 0.6 is 0 Å². The topological polar surface area (TPSA) is 190 Å². The van der Waals surface area contributed by atoms with E-state index in [0.717, 1.165) is 31.5 Å². The van der Waals surface area contributed by atoms with Crippen LogP contribution in [-0.4, -0.2) is 67.3 Å². The monoisotopic (exact) mass is 637 g/mol. The zero-order chi connectivity index (χ0) is 34.1. The van der Waals surface area contributed by atoms with E-state index < -0.39 is 48.0 Å². The number of anilines is 1. The van der Waals surface area contributed by atoms with E-state index in [2.05, 4.69) is 5.32 Å². The third-order valence-corrected chi connectivity index (χ3v) is 6.19. The quantitative estimate of drug-likeness (QED) is 0.216. The molecule has 0 fully saturated rings. The summed E-state index contributed by atoms with van der Waals surface area (Å²) in [6, 6.07) is 12.1. The Morgan fingerprint density at radius 3 is 1.54 bits per heavy atom. The number of ether oxygens (including phenoxy) is 6. The Labute approximate surface area is 263 Å². The summed E-state index contributed by atoms with van der Waals surface area (Å²) in [4.78, 5) is 75.1. The van der Waals surface area contributed by atoms with Crippen molar-refractivity contribution in [1.82, 2.24) is 0 Å². The van der Waals surface area contributed by atoms with Crippen LogP contribution in [-0.2, 0) is 28.7 Å². The van der Waals surface area contributed by atoms with Gasteiger partial charge in [-0.2, -0.15) is 0 Å². The average Bonchev–Trinajstić information content (AvgIpc) is 2.99. The van der Waals surface area contributed by atoms with E-state index in [-0.39, 0.29) is 39.8 Å². The summed E-state index contributed by atoms with van der Waals surface area (Å²) in [5.41, 5.74) is 1.35. The van der Waals surface area contributed by atoms with Crippen LogP contribution in [0, 0.1) is 13.8 Å². The Bertz CT molecular complexity index is 1680. The van der Waals surface area contributed by atoms with Crippen LogP contribution in [0.15, 0.2) is 54.6 Å². The Hall–Kier alpha value is -5.92. The molecule has 0 spiro atoms. The molecule has 3 rings (SSSR count). The maximum absolute atomic E-state index is 13.5. The van der Waals surface area contributed by atoms with Crippen LogP contribution < -0.4 is 24.3 Å². The largest absolute Gasteiger partial charge is 0.493 e. The summed E-state index contributed by atoms with van der Waals surface area (Å²) in [6.07, 6.45) is -4.56. The Morgan fingerprint density at radius 1 is 0.652 bits per heavy atom. The molecule has 0 bridgehead atoms. The fraction of sp³-hybridized carbons (Fsp3) is 0.250. The van der Waals surface area contributed by atoms with Gasteiger partial charge >= 0.3 is 29.8 Å². The van der Waals surface area contributed by atoms with Crippen molar-refractivity contribution in [2.75, 3.05) is 19.5 Å². The lowest BCUT2D eigenvalue weighted by molar-refractivity contribution is -0.157. The lowest BCUT2D eigenvalue weighted by Gasteiger charge is -2.24. The summed E-state index contributed by atoms with van der Waals surface area (Å²) < 4.78 is 30.9. The summed E-state index contributed by atoms with van der Waals surface area (Å²) >= 11 is 0. The first-order valence-corrected chi connectivity index (χ1v) is 13.5. The molecule has 242 valence electrons. The van der Waals surface area contributed by atoms with Gasteiger partial charge in [0.25, 0.3) is 5.91 Å². The maximum atomic E-state index is 13.5. The predicted molar refractivity (Wildman–Crippen MR) is 159 cm³/mol.